The lowest BCUT2D eigenvalue weighted by Gasteiger charge is -2.37. The van der Waals surface area contributed by atoms with Crippen molar-refractivity contribution in [1.29, 1.82) is 0 Å². The molecule has 0 radical (unpaired) electrons. The summed E-state index contributed by atoms with van der Waals surface area (Å²) in [6.07, 6.45) is 2.32. The summed E-state index contributed by atoms with van der Waals surface area (Å²) in [5.41, 5.74) is 1.22. The molecule has 3 atom stereocenters. The fraction of sp³-hybridized carbons (Fsp3) is 0.375. The van der Waals surface area contributed by atoms with Crippen LogP contribution in [0.3, 0.4) is 0 Å². The van der Waals surface area contributed by atoms with E-state index in [1.165, 1.54) is 6.07 Å². The number of phenols is 1. The van der Waals surface area contributed by atoms with Gasteiger partial charge in [0.15, 0.2) is 17.3 Å². The van der Waals surface area contributed by atoms with Gasteiger partial charge in [0, 0.05) is 25.0 Å². The number of allylic oxidation sites excluding steroid dienone is 1. The highest BCUT2D eigenvalue weighted by Crippen LogP contribution is 2.43. The Morgan fingerprint density at radius 2 is 2.00 bits per heavy atom. The first-order chi connectivity index (χ1) is 15.6. The number of hydrogen-bond acceptors (Lipinski definition) is 7. The largest absolute Gasteiger partial charge is 0.506 e. The number of benzene rings is 2. The molecule has 0 bridgehead atoms. The summed E-state index contributed by atoms with van der Waals surface area (Å²) in [6, 6.07) is 12.2. The van der Waals surface area contributed by atoms with Gasteiger partial charge >= 0.3 is 0 Å². The Bertz CT molecular complexity index is 990. The Morgan fingerprint density at radius 1 is 1.19 bits per heavy atom. The summed E-state index contributed by atoms with van der Waals surface area (Å²) in [4.78, 5) is 13.0. The summed E-state index contributed by atoms with van der Waals surface area (Å²) in [7, 11) is 0. The fourth-order valence-electron chi connectivity index (χ4n) is 4.03. The van der Waals surface area contributed by atoms with Crippen LogP contribution in [0.15, 0.2) is 54.3 Å². The van der Waals surface area contributed by atoms with Crippen LogP contribution in [0.1, 0.15) is 31.2 Å². The van der Waals surface area contributed by atoms with Gasteiger partial charge in [0.25, 0.3) is 5.91 Å². The van der Waals surface area contributed by atoms with Crippen molar-refractivity contribution in [2.75, 3.05) is 25.3 Å². The van der Waals surface area contributed by atoms with Crippen molar-refractivity contribution < 1.29 is 34.0 Å². The minimum Gasteiger partial charge on any atom is -0.506 e. The van der Waals surface area contributed by atoms with Crippen molar-refractivity contribution in [2.24, 2.45) is 5.92 Å². The number of aliphatic hydroxyl groups is 1. The van der Waals surface area contributed by atoms with Gasteiger partial charge in [0.05, 0.1) is 5.69 Å². The Morgan fingerprint density at radius 3 is 2.78 bits per heavy atom. The molecule has 170 valence electrons. The highest BCUT2D eigenvalue weighted by molar-refractivity contribution is 6.03. The highest BCUT2D eigenvalue weighted by Gasteiger charge is 2.38. The van der Waals surface area contributed by atoms with Gasteiger partial charge in [-0.2, -0.15) is 0 Å². The summed E-state index contributed by atoms with van der Waals surface area (Å²) in [6.45, 7) is 2.49. The highest BCUT2D eigenvalue weighted by atomic mass is 16.7. The Kier molecular flexibility index (Phi) is 6.82. The van der Waals surface area contributed by atoms with Crippen molar-refractivity contribution in [3.05, 3.63) is 59.9 Å². The molecule has 0 aliphatic carbocycles. The van der Waals surface area contributed by atoms with Crippen molar-refractivity contribution in [2.45, 2.75) is 32.0 Å². The van der Waals surface area contributed by atoms with Gasteiger partial charge in [-0.05, 0) is 55.7 Å². The topological polar surface area (TPSA) is 106 Å². The van der Waals surface area contributed by atoms with Gasteiger partial charge in [0.1, 0.15) is 5.75 Å². The van der Waals surface area contributed by atoms with Crippen LogP contribution in [0, 0.1) is 5.92 Å². The molecular weight excluding hydrogens is 414 g/mol. The number of amides is 1. The number of ether oxygens (including phenoxy) is 4. The number of para-hydroxylation sites is 2. The maximum atomic E-state index is 13.0. The number of carbonyl (C=O) groups is 1. The number of aromatic hydroxyl groups is 1. The SMILES string of the molecule is CCO[C@@H]1OC(C(=O)Nc2ccccc2O)=C[C@H](c2ccc3c(c2)OCO3)[C@@H]1CCCO. The molecule has 2 aliphatic heterocycles. The third-order valence-corrected chi connectivity index (χ3v) is 5.57. The van der Waals surface area contributed by atoms with E-state index in [2.05, 4.69) is 5.32 Å². The Balaban J connectivity index is 1.68. The lowest BCUT2D eigenvalue weighted by Crippen LogP contribution is -2.37. The van der Waals surface area contributed by atoms with Crippen LogP contribution in [0.4, 0.5) is 5.69 Å². The molecule has 0 fully saturated rings. The molecule has 32 heavy (non-hydrogen) atoms. The standard InChI is InChI=1S/C24H27NO7/c1-2-29-24-16(6-5-11-26)17(15-9-10-20-21(12-15)31-14-30-20)13-22(32-24)23(28)25-18-7-3-4-8-19(18)27/h3-4,7-10,12-13,16-17,24,26-27H,2,5-6,11,14H2,1H3,(H,25,28)/t16-,17+,24+/m0/s1. The molecule has 8 nitrogen and oxygen atoms in total. The fourth-order valence-corrected chi connectivity index (χ4v) is 4.03. The molecule has 0 saturated carbocycles. The summed E-state index contributed by atoms with van der Waals surface area (Å²) in [5, 5.41) is 22.1. The molecule has 1 amide bonds. The molecule has 4 rings (SSSR count). The van der Waals surface area contributed by atoms with Gasteiger partial charge in [-0.15, -0.1) is 0 Å². The van der Waals surface area contributed by atoms with E-state index in [0.29, 0.717) is 30.9 Å². The van der Waals surface area contributed by atoms with E-state index in [0.717, 1.165) is 5.56 Å². The van der Waals surface area contributed by atoms with E-state index < -0.39 is 12.2 Å². The van der Waals surface area contributed by atoms with Gasteiger partial charge in [-0.1, -0.05) is 18.2 Å². The number of anilines is 1. The van der Waals surface area contributed by atoms with Crippen LogP contribution < -0.4 is 14.8 Å². The summed E-state index contributed by atoms with van der Waals surface area (Å²) in [5.74, 6) is 0.576. The van der Waals surface area contributed by atoms with Gasteiger partial charge in [-0.25, -0.2) is 0 Å². The molecule has 2 heterocycles. The first-order valence-corrected chi connectivity index (χ1v) is 10.7. The second-order valence-electron chi connectivity index (χ2n) is 7.61. The third kappa shape index (κ3) is 4.66. The molecule has 2 aromatic carbocycles. The van der Waals surface area contributed by atoms with Crippen LogP contribution in [0.5, 0.6) is 17.2 Å². The van der Waals surface area contributed by atoms with Crippen LogP contribution in [-0.2, 0) is 14.3 Å². The zero-order valence-electron chi connectivity index (χ0n) is 17.8. The second kappa shape index (κ2) is 9.93. The summed E-state index contributed by atoms with van der Waals surface area (Å²) >= 11 is 0. The number of aliphatic hydroxyl groups excluding tert-OH is 1. The Labute approximate surface area is 186 Å². The van der Waals surface area contributed by atoms with Gasteiger partial charge in [0.2, 0.25) is 13.1 Å². The minimum atomic E-state index is -0.669. The molecular formula is C24H27NO7. The molecule has 2 aliphatic rings. The Hall–Kier alpha value is -3.23. The predicted molar refractivity (Wildman–Crippen MR) is 116 cm³/mol. The number of hydrogen-bond donors (Lipinski definition) is 3. The zero-order valence-corrected chi connectivity index (χ0v) is 17.8. The number of nitrogens with one attached hydrogen (secondary N) is 1. The average molecular weight is 441 g/mol. The van der Waals surface area contributed by atoms with Gasteiger partial charge < -0.3 is 34.5 Å². The van der Waals surface area contributed by atoms with E-state index in [1.54, 1.807) is 24.3 Å². The zero-order chi connectivity index (χ0) is 22.5. The molecule has 0 aromatic heterocycles. The second-order valence-corrected chi connectivity index (χ2v) is 7.61. The lowest BCUT2D eigenvalue weighted by molar-refractivity contribution is -0.165. The van der Waals surface area contributed by atoms with Crippen LogP contribution in [-0.4, -0.2) is 42.4 Å². The normalized spacial score (nSPS) is 21.6. The monoisotopic (exact) mass is 441 g/mol. The number of rotatable bonds is 8. The molecule has 0 saturated heterocycles. The number of carbonyl (C=O) groups excluding carboxylic acids is 1. The minimum absolute atomic E-state index is 0.0354. The van der Waals surface area contributed by atoms with Crippen molar-refractivity contribution in [3.63, 3.8) is 0 Å². The maximum Gasteiger partial charge on any atom is 0.290 e. The summed E-state index contributed by atoms with van der Waals surface area (Å²) < 4.78 is 22.8. The third-order valence-electron chi connectivity index (χ3n) is 5.57. The van der Waals surface area contributed by atoms with E-state index in [4.69, 9.17) is 18.9 Å². The van der Waals surface area contributed by atoms with Crippen LogP contribution in [0.2, 0.25) is 0 Å². The van der Waals surface area contributed by atoms with E-state index >= 15 is 0 Å². The van der Waals surface area contributed by atoms with Gasteiger partial charge in [-0.3, -0.25) is 4.79 Å². The molecule has 2 aromatic rings. The lowest BCUT2D eigenvalue weighted by atomic mass is 9.80. The quantitative estimate of drug-likeness (QED) is 0.538. The van der Waals surface area contributed by atoms with Crippen LogP contribution in [0.25, 0.3) is 0 Å². The molecule has 8 heteroatoms. The molecule has 0 spiro atoms. The molecule has 0 unspecified atom stereocenters. The smallest absolute Gasteiger partial charge is 0.290 e. The average Bonchev–Trinajstić information content (AvgIpc) is 3.27. The van der Waals surface area contributed by atoms with E-state index in [1.807, 2.05) is 25.1 Å². The van der Waals surface area contributed by atoms with E-state index in [9.17, 15) is 15.0 Å². The van der Waals surface area contributed by atoms with Crippen molar-refractivity contribution in [1.82, 2.24) is 0 Å². The van der Waals surface area contributed by atoms with Crippen LogP contribution >= 0.6 is 0 Å². The maximum absolute atomic E-state index is 13.0. The first-order valence-electron chi connectivity index (χ1n) is 10.7. The molecule has 3 N–H and O–H groups in total. The van der Waals surface area contributed by atoms with Crippen molar-refractivity contribution in [3.8, 4) is 17.2 Å². The number of fused-ring (bicyclic) bond motifs is 1. The van der Waals surface area contributed by atoms with E-state index in [-0.39, 0.29) is 42.4 Å². The van der Waals surface area contributed by atoms with Crippen molar-refractivity contribution >= 4 is 11.6 Å². The first kappa shape index (κ1) is 22.0. The number of phenolic OH excluding ortho intramolecular Hbond substituents is 1. The predicted octanol–water partition coefficient (Wildman–Crippen LogP) is 3.51.